The molecule has 0 saturated carbocycles. The Kier molecular flexibility index (Phi) is 2.95. The number of rotatable bonds is 3. The van der Waals surface area contributed by atoms with Crippen LogP contribution < -0.4 is 5.56 Å². The van der Waals surface area contributed by atoms with Gasteiger partial charge < -0.3 is 0 Å². The number of hydrogen-bond donors (Lipinski definition) is 1. The molecule has 0 aliphatic heterocycles. The highest BCUT2D eigenvalue weighted by Gasteiger charge is 2.14. The van der Waals surface area contributed by atoms with E-state index in [0.717, 1.165) is 5.69 Å². The molecule has 1 N–H and O–H groups in total. The van der Waals surface area contributed by atoms with Crippen LogP contribution in [0.1, 0.15) is 28.7 Å². The fourth-order valence-corrected chi connectivity index (χ4v) is 2.17. The number of benzene rings is 1. The van der Waals surface area contributed by atoms with Gasteiger partial charge in [-0.3, -0.25) is 19.0 Å². The highest BCUT2D eigenvalue weighted by atomic mass is 16.1. The van der Waals surface area contributed by atoms with Gasteiger partial charge in [-0.2, -0.15) is 0 Å². The first-order valence-corrected chi connectivity index (χ1v) is 6.40. The van der Waals surface area contributed by atoms with Crippen LogP contribution in [-0.2, 0) is 6.42 Å². The maximum atomic E-state index is 12.3. The van der Waals surface area contributed by atoms with Gasteiger partial charge >= 0.3 is 0 Å². The minimum atomic E-state index is -0.210. The van der Waals surface area contributed by atoms with Gasteiger partial charge in [-0.15, -0.1) is 0 Å². The van der Waals surface area contributed by atoms with Gasteiger partial charge in [0.25, 0.3) is 5.56 Å². The molecular weight excluding hydrogens is 254 g/mol. The Morgan fingerprint density at radius 2 is 2.05 bits per heavy atom. The SMILES string of the molecule is CCc1cc(=O)[nH]c2nc(C(=O)c3ccccc3)cn12. The number of H-pyrrole nitrogens is 1. The summed E-state index contributed by atoms with van der Waals surface area (Å²) in [5, 5.41) is 0. The number of carbonyl (C=O) groups excluding carboxylic acids is 1. The van der Waals surface area contributed by atoms with Crippen molar-refractivity contribution in [3.63, 3.8) is 0 Å². The zero-order chi connectivity index (χ0) is 14.1. The van der Waals surface area contributed by atoms with E-state index in [4.69, 9.17) is 0 Å². The second kappa shape index (κ2) is 4.77. The van der Waals surface area contributed by atoms with Crippen LogP contribution in [0.25, 0.3) is 5.78 Å². The molecule has 0 bridgehead atoms. The molecule has 2 aromatic heterocycles. The van der Waals surface area contributed by atoms with Crippen molar-refractivity contribution in [2.75, 3.05) is 0 Å². The summed E-state index contributed by atoms with van der Waals surface area (Å²) in [5.41, 5.74) is 1.52. The third-order valence-electron chi connectivity index (χ3n) is 3.18. The van der Waals surface area contributed by atoms with Gasteiger partial charge in [0.2, 0.25) is 11.6 Å². The number of aromatic amines is 1. The topological polar surface area (TPSA) is 67.2 Å². The van der Waals surface area contributed by atoms with Crippen molar-refractivity contribution in [1.29, 1.82) is 0 Å². The van der Waals surface area contributed by atoms with Gasteiger partial charge in [0, 0.05) is 23.5 Å². The summed E-state index contributed by atoms with van der Waals surface area (Å²) in [6.45, 7) is 1.95. The first-order chi connectivity index (χ1) is 9.69. The van der Waals surface area contributed by atoms with E-state index >= 15 is 0 Å². The molecule has 0 aliphatic rings. The van der Waals surface area contributed by atoms with Crippen LogP contribution in [0.2, 0.25) is 0 Å². The fourth-order valence-electron chi connectivity index (χ4n) is 2.17. The quantitative estimate of drug-likeness (QED) is 0.736. The molecular formula is C15H13N3O2. The number of fused-ring (bicyclic) bond motifs is 1. The number of hydrogen-bond acceptors (Lipinski definition) is 3. The van der Waals surface area contributed by atoms with E-state index in [1.807, 2.05) is 25.1 Å². The molecule has 0 radical (unpaired) electrons. The Morgan fingerprint density at radius 3 is 2.75 bits per heavy atom. The molecule has 20 heavy (non-hydrogen) atoms. The normalized spacial score (nSPS) is 10.8. The molecule has 5 nitrogen and oxygen atoms in total. The number of ketones is 1. The Hall–Kier alpha value is -2.69. The van der Waals surface area contributed by atoms with Crippen molar-refractivity contribution in [2.45, 2.75) is 13.3 Å². The summed E-state index contributed by atoms with van der Waals surface area (Å²) in [4.78, 5) is 30.7. The largest absolute Gasteiger partial charge is 0.292 e. The lowest BCUT2D eigenvalue weighted by atomic mass is 10.1. The molecule has 3 aromatic rings. The summed E-state index contributed by atoms with van der Waals surface area (Å²) in [6.07, 6.45) is 2.36. The molecule has 0 unspecified atom stereocenters. The lowest BCUT2D eigenvalue weighted by Crippen LogP contribution is -2.10. The highest BCUT2D eigenvalue weighted by molar-refractivity contribution is 6.07. The van der Waals surface area contributed by atoms with Crippen LogP contribution in [0, 0.1) is 0 Å². The Labute approximate surface area is 114 Å². The summed E-state index contributed by atoms with van der Waals surface area (Å²) in [5.74, 6) is 0.242. The smallest absolute Gasteiger partial charge is 0.252 e. The average Bonchev–Trinajstić information content (AvgIpc) is 2.90. The van der Waals surface area contributed by atoms with E-state index < -0.39 is 0 Å². The van der Waals surface area contributed by atoms with Gasteiger partial charge in [-0.05, 0) is 6.42 Å². The van der Waals surface area contributed by atoms with E-state index in [1.165, 1.54) is 6.07 Å². The lowest BCUT2D eigenvalue weighted by Gasteiger charge is -1.99. The second-order valence-electron chi connectivity index (χ2n) is 4.49. The molecule has 0 saturated heterocycles. The third-order valence-corrected chi connectivity index (χ3v) is 3.18. The number of nitrogens with one attached hydrogen (secondary N) is 1. The number of carbonyl (C=O) groups is 1. The van der Waals surface area contributed by atoms with Gasteiger partial charge in [-0.25, -0.2) is 4.98 Å². The van der Waals surface area contributed by atoms with Crippen molar-refractivity contribution in [3.05, 3.63) is 69.9 Å². The number of aryl methyl sites for hydroxylation is 1. The standard InChI is InChI=1S/C15H13N3O2/c1-2-11-8-13(19)17-15-16-12(9-18(11)15)14(20)10-6-4-3-5-7-10/h3-9H,2H2,1H3,(H,16,17,19). The summed E-state index contributed by atoms with van der Waals surface area (Å²) in [6, 6.07) is 10.5. The molecule has 0 spiro atoms. The molecule has 3 rings (SSSR count). The van der Waals surface area contributed by atoms with Crippen molar-refractivity contribution in [1.82, 2.24) is 14.4 Å². The van der Waals surface area contributed by atoms with E-state index in [2.05, 4.69) is 9.97 Å². The number of aromatic nitrogens is 3. The van der Waals surface area contributed by atoms with Crippen LogP contribution in [-0.4, -0.2) is 20.2 Å². The van der Waals surface area contributed by atoms with Crippen molar-refractivity contribution >= 4 is 11.6 Å². The zero-order valence-electron chi connectivity index (χ0n) is 11.0. The monoisotopic (exact) mass is 267 g/mol. The maximum Gasteiger partial charge on any atom is 0.252 e. The van der Waals surface area contributed by atoms with Gasteiger partial charge in [0.1, 0.15) is 5.69 Å². The van der Waals surface area contributed by atoms with Gasteiger partial charge in [0.05, 0.1) is 0 Å². The molecule has 1 aromatic carbocycles. The molecule has 0 atom stereocenters. The summed E-state index contributed by atoms with van der Waals surface area (Å²) >= 11 is 0. The first kappa shape index (κ1) is 12.3. The van der Waals surface area contributed by atoms with Crippen LogP contribution in [0.4, 0.5) is 0 Å². The summed E-state index contributed by atoms with van der Waals surface area (Å²) < 4.78 is 1.75. The van der Waals surface area contributed by atoms with Crippen LogP contribution >= 0.6 is 0 Å². The van der Waals surface area contributed by atoms with Crippen molar-refractivity contribution in [2.24, 2.45) is 0 Å². The highest BCUT2D eigenvalue weighted by Crippen LogP contribution is 2.11. The van der Waals surface area contributed by atoms with Crippen LogP contribution in [0.5, 0.6) is 0 Å². The van der Waals surface area contributed by atoms with Crippen molar-refractivity contribution < 1.29 is 4.79 Å². The Morgan fingerprint density at radius 1 is 1.30 bits per heavy atom. The Balaban J connectivity index is 2.14. The molecule has 2 heterocycles. The lowest BCUT2D eigenvalue weighted by molar-refractivity contribution is 0.103. The number of nitrogens with zero attached hydrogens (tertiary/aromatic N) is 2. The van der Waals surface area contributed by atoms with E-state index in [0.29, 0.717) is 23.5 Å². The number of imidazole rings is 1. The minimum Gasteiger partial charge on any atom is -0.292 e. The minimum absolute atomic E-state index is 0.155. The van der Waals surface area contributed by atoms with Crippen LogP contribution in [0.3, 0.4) is 0 Å². The summed E-state index contributed by atoms with van der Waals surface area (Å²) in [7, 11) is 0. The van der Waals surface area contributed by atoms with Crippen molar-refractivity contribution in [3.8, 4) is 0 Å². The molecule has 0 aliphatic carbocycles. The average molecular weight is 267 g/mol. The predicted molar refractivity (Wildman–Crippen MR) is 75.1 cm³/mol. The third kappa shape index (κ3) is 2.03. The van der Waals surface area contributed by atoms with Gasteiger partial charge in [-0.1, -0.05) is 37.3 Å². The van der Waals surface area contributed by atoms with E-state index in [9.17, 15) is 9.59 Å². The van der Waals surface area contributed by atoms with E-state index in [1.54, 1.807) is 22.7 Å². The molecule has 5 heteroatoms. The molecule has 100 valence electrons. The second-order valence-corrected chi connectivity index (χ2v) is 4.49. The Bertz CT molecular complexity index is 831. The maximum absolute atomic E-state index is 12.3. The van der Waals surface area contributed by atoms with Crippen LogP contribution in [0.15, 0.2) is 47.4 Å². The molecule has 0 fully saturated rings. The van der Waals surface area contributed by atoms with E-state index in [-0.39, 0.29) is 11.3 Å². The molecule has 0 amide bonds. The van der Waals surface area contributed by atoms with Gasteiger partial charge in [0.15, 0.2) is 0 Å². The first-order valence-electron chi connectivity index (χ1n) is 6.40. The zero-order valence-corrected chi connectivity index (χ0v) is 11.0. The fraction of sp³-hybridized carbons (Fsp3) is 0.133. The predicted octanol–water partition coefficient (Wildman–Crippen LogP) is 1.82.